The number of hydrogen-bond acceptors (Lipinski definition) is 26. The summed E-state index contributed by atoms with van der Waals surface area (Å²) in [6.45, 7) is 17.1. The van der Waals surface area contributed by atoms with Gasteiger partial charge in [-0.05, 0) is 101 Å². The van der Waals surface area contributed by atoms with Gasteiger partial charge in [-0.3, -0.25) is 18.7 Å². The van der Waals surface area contributed by atoms with E-state index in [9.17, 15) is 71.3 Å². The molecule has 0 amide bonds. The van der Waals surface area contributed by atoms with Crippen LogP contribution in [0.1, 0.15) is 113 Å². The Kier molecular flexibility index (Phi) is 19.4. The van der Waals surface area contributed by atoms with E-state index in [1.165, 1.54) is 21.0 Å². The SMILES string of the molecule is C=C(C)CCC[C@]1(C)OC(=O)[C@]23CC[C@H]4C(=CC[C@H]5C(C)(C)[C@@H](O[C@@H]6OC[C@@H](OS(=O)(=O)O)[C@H](O)[C@H]6O[C@@H]6O[C@H](C)[C@@H](O[C@@H]7O[C@H](COS(=O)(=O)O)[C@@H](O)[C@H](O[C@@H]8OC[C@@H](O)[C@H](OC)[C@H]8O)[C@H]7O)[C@H](O)[C@H]6O)CC[C@]45C)[C@]2(C)C[C@H](OC(C)=O)[C@@H]31. The number of carbonyl (C=O) groups excluding carboxylic acids is 2. The van der Waals surface area contributed by atoms with Crippen LogP contribution in [0.5, 0.6) is 0 Å². The topological polar surface area (TPSA) is 404 Å². The van der Waals surface area contributed by atoms with E-state index in [-0.39, 0.29) is 29.1 Å². The summed E-state index contributed by atoms with van der Waals surface area (Å²) in [7, 11) is -9.17. The number of aliphatic hydroxyl groups excluding tert-OH is 7. The lowest BCUT2D eigenvalue weighted by Crippen LogP contribution is -2.66. The summed E-state index contributed by atoms with van der Waals surface area (Å²) in [6, 6.07) is 0. The van der Waals surface area contributed by atoms with E-state index in [1.54, 1.807) is 0 Å². The molecule has 9 rings (SSSR count). The van der Waals surface area contributed by atoms with E-state index in [0.717, 1.165) is 24.0 Å². The Labute approximate surface area is 494 Å². The highest BCUT2D eigenvalue weighted by molar-refractivity contribution is 7.81. The average Bonchev–Trinajstić information content (AvgIpc) is 1.54. The van der Waals surface area contributed by atoms with Crippen molar-refractivity contribution in [2.24, 2.45) is 39.4 Å². The van der Waals surface area contributed by atoms with Crippen LogP contribution in [0, 0.1) is 39.4 Å². The number of allylic oxidation sites excluding steroid dienone is 3. The van der Waals surface area contributed by atoms with Crippen LogP contribution in [-0.4, -0.2) is 229 Å². The molecule has 5 saturated heterocycles. The van der Waals surface area contributed by atoms with E-state index in [1.807, 2.05) is 13.8 Å². The smallest absolute Gasteiger partial charge is 0.397 e. The second-order valence-corrected chi connectivity index (χ2v) is 28.3. The first-order valence-electron chi connectivity index (χ1n) is 29.0. The molecule has 486 valence electrons. The van der Waals surface area contributed by atoms with Gasteiger partial charge in [0.1, 0.15) is 91.1 Å². The Hall–Kier alpha value is -2.48. The van der Waals surface area contributed by atoms with Crippen molar-refractivity contribution < 1.29 is 132 Å². The molecule has 0 bridgehead atoms. The molecule has 0 unspecified atom stereocenters. The van der Waals surface area contributed by atoms with E-state index < -0.39 is 191 Å². The average molecular weight is 1260 g/mol. The second kappa shape index (κ2) is 24.6. The molecule has 5 heterocycles. The van der Waals surface area contributed by atoms with Gasteiger partial charge in [-0.2, -0.15) is 16.8 Å². The lowest BCUT2D eigenvalue weighted by Gasteiger charge is -2.64. The Morgan fingerprint density at radius 2 is 1.39 bits per heavy atom. The van der Waals surface area contributed by atoms with E-state index in [2.05, 4.69) is 44.5 Å². The van der Waals surface area contributed by atoms with Crippen molar-refractivity contribution in [1.82, 2.24) is 0 Å². The fourth-order valence-corrected chi connectivity index (χ4v) is 17.3. The zero-order valence-electron chi connectivity index (χ0n) is 49.1. The van der Waals surface area contributed by atoms with Gasteiger partial charge in [0.2, 0.25) is 0 Å². The lowest BCUT2D eigenvalue weighted by molar-refractivity contribution is -0.386. The van der Waals surface area contributed by atoms with Gasteiger partial charge in [-0.25, -0.2) is 8.37 Å². The fraction of sp³-hybridized carbons (Fsp3) is 0.891. The molecule has 8 fully saturated rings. The Balaban J connectivity index is 0.925. The molecular weight excluding hydrogens is 1170 g/mol. The summed E-state index contributed by atoms with van der Waals surface area (Å²) in [5.74, 6) is -1.10. The zero-order valence-corrected chi connectivity index (χ0v) is 50.8. The number of esters is 2. The number of rotatable bonds is 19. The number of cyclic esters (lactones) is 1. The highest BCUT2D eigenvalue weighted by Crippen LogP contribution is 2.77. The lowest BCUT2D eigenvalue weighted by atomic mass is 9.41. The van der Waals surface area contributed by atoms with E-state index in [4.69, 9.17) is 56.3 Å². The summed E-state index contributed by atoms with van der Waals surface area (Å²) >= 11 is 0. The highest BCUT2D eigenvalue weighted by atomic mass is 32.3. The van der Waals surface area contributed by atoms with Gasteiger partial charge in [-0.1, -0.05) is 44.9 Å². The van der Waals surface area contributed by atoms with Crippen LogP contribution in [0.15, 0.2) is 23.8 Å². The van der Waals surface area contributed by atoms with Crippen molar-refractivity contribution >= 4 is 32.7 Å². The van der Waals surface area contributed by atoms with Gasteiger partial charge < -0.3 is 87.9 Å². The van der Waals surface area contributed by atoms with Crippen LogP contribution < -0.4 is 0 Å². The zero-order chi connectivity index (χ0) is 62.5. The molecule has 27 atom stereocenters. The minimum absolute atomic E-state index is 0.00952. The molecule has 4 aliphatic carbocycles. The Morgan fingerprint density at radius 3 is 2.04 bits per heavy atom. The van der Waals surface area contributed by atoms with Crippen LogP contribution in [0.3, 0.4) is 0 Å². The summed E-state index contributed by atoms with van der Waals surface area (Å²) in [6.07, 6.45) is -25.4. The van der Waals surface area contributed by atoms with Gasteiger partial charge >= 0.3 is 32.7 Å². The van der Waals surface area contributed by atoms with Crippen LogP contribution in [0.2, 0.25) is 0 Å². The summed E-state index contributed by atoms with van der Waals surface area (Å²) in [5, 5.41) is 79.2. The summed E-state index contributed by atoms with van der Waals surface area (Å²) in [5.41, 5.74) is -1.35. The molecule has 3 saturated carbocycles. The summed E-state index contributed by atoms with van der Waals surface area (Å²) < 4.78 is 141. The van der Waals surface area contributed by atoms with Crippen molar-refractivity contribution in [1.29, 1.82) is 0 Å². The number of fused-ring (bicyclic) bond motifs is 4. The number of methoxy groups -OCH3 is 1. The van der Waals surface area contributed by atoms with Gasteiger partial charge in [0, 0.05) is 19.4 Å². The predicted octanol–water partition coefficient (Wildman–Crippen LogP) is 0.447. The maximum atomic E-state index is 14.7. The van der Waals surface area contributed by atoms with Crippen LogP contribution in [0.25, 0.3) is 0 Å². The fourth-order valence-electron chi connectivity index (χ4n) is 16.5. The highest BCUT2D eigenvalue weighted by Gasteiger charge is 2.79. The quantitative estimate of drug-likeness (QED) is 0.0481. The largest absolute Gasteiger partial charge is 0.462 e. The Morgan fingerprint density at radius 1 is 0.741 bits per heavy atom. The maximum Gasteiger partial charge on any atom is 0.397 e. The van der Waals surface area contributed by atoms with Crippen LogP contribution >= 0.6 is 0 Å². The van der Waals surface area contributed by atoms with E-state index in [0.29, 0.717) is 44.9 Å². The minimum atomic E-state index is -5.21. The number of aliphatic hydroxyl groups is 7. The maximum absolute atomic E-state index is 14.7. The molecule has 1 spiro atoms. The monoisotopic (exact) mass is 1260 g/mol. The van der Waals surface area contributed by atoms with Crippen molar-refractivity contribution in [3.05, 3.63) is 23.8 Å². The normalized spacial score (nSPS) is 48.0. The molecule has 0 aromatic carbocycles. The molecule has 28 nitrogen and oxygen atoms in total. The third-order valence-electron chi connectivity index (χ3n) is 20.4. The standard InChI is InChI=1S/C55H86O28S2/c1-24(2)12-11-17-54(9)45-30(76-26(4)56)20-53(8)28-13-14-33-51(5,6)34(16-18-52(33,7)27(28)15-19-55(45,53)50(64)82-54)78-49-44(36(59)32(22-73-49)83-85(68,69)70)81-47-38(61)37(60)41(25(3)75-47)79-48-40(63)43(35(58)31(77-48)23-74-84(65,66)67)80-46-39(62)42(71-10)29(57)21-72-46/h13,25,27,29-49,57-63H,1,11-12,14-23H2,2-10H3,(H,65,66,67)(H,68,69,70)/t25-,27+,29-,30+,31-,32-,33+,34+,35-,36+,37-,38-,39-,40-,41-,42+,43+,44-,45-,46+,47+,48+,49+,52-,53+,54+,55-/m1/s1. The molecule has 5 aliphatic heterocycles. The molecule has 30 heteroatoms. The van der Waals surface area contributed by atoms with Gasteiger partial charge in [0.15, 0.2) is 25.2 Å². The van der Waals surface area contributed by atoms with Gasteiger partial charge in [0.05, 0.1) is 43.4 Å². The third-order valence-corrected chi connectivity index (χ3v) is 21.4. The van der Waals surface area contributed by atoms with Crippen molar-refractivity contribution in [2.45, 2.75) is 242 Å². The molecule has 0 aromatic rings. The third kappa shape index (κ3) is 12.4. The Bertz CT molecular complexity index is 2710. The number of ether oxygens (including phenoxy) is 11. The molecule has 85 heavy (non-hydrogen) atoms. The first-order valence-corrected chi connectivity index (χ1v) is 31.7. The van der Waals surface area contributed by atoms with Gasteiger partial charge in [-0.15, -0.1) is 6.58 Å². The van der Waals surface area contributed by atoms with Crippen molar-refractivity contribution in [3.8, 4) is 0 Å². The molecule has 9 N–H and O–H groups in total. The minimum Gasteiger partial charge on any atom is -0.462 e. The van der Waals surface area contributed by atoms with E-state index >= 15 is 0 Å². The number of hydrogen-bond donors (Lipinski definition) is 9. The molecule has 0 radical (unpaired) electrons. The van der Waals surface area contributed by atoms with Crippen LogP contribution in [-0.2, 0) is 90.9 Å². The van der Waals surface area contributed by atoms with Gasteiger partial charge in [0.25, 0.3) is 0 Å². The molecule has 0 aromatic heterocycles. The first-order chi connectivity index (χ1) is 39.5. The number of carbonyl (C=O) groups is 2. The molecule has 9 aliphatic rings. The molecular formula is C55H86O28S2. The van der Waals surface area contributed by atoms with Crippen LogP contribution in [0.4, 0.5) is 0 Å². The predicted molar refractivity (Wildman–Crippen MR) is 286 cm³/mol. The summed E-state index contributed by atoms with van der Waals surface area (Å²) in [4.78, 5) is 27.5. The second-order valence-electron chi connectivity index (χ2n) is 26.1. The first kappa shape index (κ1) is 66.9. The van der Waals surface area contributed by atoms with Crippen molar-refractivity contribution in [2.75, 3.05) is 26.9 Å². The van der Waals surface area contributed by atoms with Crippen molar-refractivity contribution in [3.63, 3.8) is 0 Å².